The first-order valence-corrected chi connectivity index (χ1v) is 6.29. The Morgan fingerprint density at radius 2 is 2.53 bits per heavy atom. The largest absolute Gasteiger partial charge is 0.337 e. The molecule has 0 radical (unpaired) electrons. The Bertz CT molecular complexity index is 343. The van der Waals surface area contributed by atoms with Crippen LogP contribution in [0.25, 0.3) is 0 Å². The molecule has 17 heavy (non-hydrogen) atoms. The SMILES string of the molecule is CCCN(C(=O)Cn1cccn1)C1CCNC1. The van der Waals surface area contributed by atoms with Gasteiger partial charge in [0, 0.05) is 31.5 Å². The molecule has 0 spiro atoms. The third-order valence-electron chi connectivity index (χ3n) is 3.12. The number of rotatable bonds is 5. The van der Waals surface area contributed by atoms with Crippen molar-refractivity contribution in [2.75, 3.05) is 19.6 Å². The summed E-state index contributed by atoms with van der Waals surface area (Å²) in [5, 5.41) is 7.39. The predicted octanol–water partition coefficient (Wildman–Crippen LogP) is 0.484. The smallest absolute Gasteiger partial charge is 0.244 e. The molecule has 5 heteroatoms. The van der Waals surface area contributed by atoms with E-state index in [1.807, 2.05) is 17.2 Å². The Labute approximate surface area is 102 Å². The Morgan fingerprint density at radius 1 is 1.65 bits per heavy atom. The van der Waals surface area contributed by atoms with Crippen molar-refractivity contribution < 1.29 is 4.79 Å². The Balaban J connectivity index is 1.97. The van der Waals surface area contributed by atoms with Crippen LogP contribution in [0.3, 0.4) is 0 Å². The minimum atomic E-state index is 0.171. The lowest BCUT2D eigenvalue weighted by molar-refractivity contribution is -0.134. The molecular formula is C12H20N4O. The van der Waals surface area contributed by atoms with Crippen LogP contribution in [0, 0.1) is 0 Å². The molecule has 0 aromatic carbocycles. The maximum atomic E-state index is 12.2. The quantitative estimate of drug-likeness (QED) is 0.809. The van der Waals surface area contributed by atoms with Gasteiger partial charge in [-0.15, -0.1) is 0 Å². The summed E-state index contributed by atoms with van der Waals surface area (Å²) in [5.74, 6) is 0.171. The summed E-state index contributed by atoms with van der Waals surface area (Å²) < 4.78 is 1.69. The van der Waals surface area contributed by atoms with E-state index in [0.29, 0.717) is 12.6 Å². The summed E-state index contributed by atoms with van der Waals surface area (Å²) in [7, 11) is 0. The van der Waals surface area contributed by atoms with Crippen LogP contribution in [0.15, 0.2) is 18.5 Å². The molecular weight excluding hydrogens is 216 g/mol. The zero-order valence-corrected chi connectivity index (χ0v) is 10.3. The number of nitrogens with zero attached hydrogens (tertiary/aromatic N) is 3. The lowest BCUT2D eigenvalue weighted by Crippen LogP contribution is -2.43. The van der Waals surface area contributed by atoms with Crippen LogP contribution in [-0.4, -0.2) is 46.3 Å². The average Bonchev–Trinajstić information content (AvgIpc) is 2.97. The summed E-state index contributed by atoms with van der Waals surface area (Å²) in [6.07, 6.45) is 5.59. The molecule has 1 amide bonds. The zero-order chi connectivity index (χ0) is 12.1. The summed E-state index contributed by atoms with van der Waals surface area (Å²) >= 11 is 0. The second-order valence-corrected chi connectivity index (χ2v) is 4.44. The molecule has 2 rings (SSSR count). The van der Waals surface area contributed by atoms with E-state index in [1.165, 1.54) is 0 Å². The van der Waals surface area contributed by atoms with Gasteiger partial charge in [0.1, 0.15) is 6.54 Å². The fraction of sp³-hybridized carbons (Fsp3) is 0.667. The van der Waals surface area contributed by atoms with Crippen LogP contribution in [0.5, 0.6) is 0 Å². The summed E-state index contributed by atoms with van der Waals surface area (Å²) in [4.78, 5) is 14.2. The van der Waals surface area contributed by atoms with Gasteiger partial charge in [-0.3, -0.25) is 9.48 Å². The van der Waals surface area contributed by atoms with Crippen molar-refractivity contribution >= 4 is 5.91 Å². The topological polar surface area (TPSA) is 50.2 Å². The molecule has 1 atom stereocenters. The van der Waals surface area contributed by atoms with Crippen molar-refractivity contribution in [3.05, 3.63) is 18.5 Å². The fourth-order valence-corrected chi connectivity index (χ4v) is 2.28. The van der Waals surface area contributed by atoms with E-state index < -0.39 is 0 Å². The maximum absolute atomic E-state index is 12.2. The van der Waals surface area contributed by atoms with Gasteiger partial charge in [0.2, 0.25) is 5.91 Å². The highest BCUT2D eigenvalue weighted by Gasteiger charge is 2.25. The maximum Gasteiger partial charge on any atom is 0.244 e. The van der Waals surface area contributed by atoms with E-state index in [-0.39, 0.29) is 5.91 Å². The summed E-state index contributed by atoms with van der Waals surface area (Å²) in [6.45, 7) is 5.23. The number of hydrogen-bond acceptors (Lipinski definition) is 3. The molecule has 5 nitrogen and oxygen atoms in total. The minimum absolute atomic E-state index is 0.171. The average molecular weight is 236 g/mol. The fourth-order valence-electron chi connectivity index (χ4n) is 2.28. The molecule has 2 heterocycles. The second-order valence-electron chi connectivity index (χ2n) is 4.44. The number of nitrogens with one attached hydrogen (secondary N) is 1. The molecule has 94 valence electrons. The first-order valence-electron chi connectivity index (χ1n) is 6.29. The molecule has 0 aliphatic carbocycles. The molecule has 1 fully saturated rings. The minimum Gasteiger partial charge on any atom is -0.337 e. The first kappa shape index (κ1) is 12.1. The molecule has 1 aromatic rings. The first-order chi connectivity index (χ1) is 8.31. The Hall–Kier alpha value is -1.36. The number of hydrogen-bond donors (Lipinski definition) is 1. The van der Waals surface area contributed by atoms with E-state index in [9.17, 15) is 4.79 Å². The normalized spacial score (nSPS) is 19.5. The second kappa shape index (κ2) is 5.82. The highest BCUT2D eigenvalue weighted by atomic mass is 16.2. The molecule has 1 saturated heterocycles. The molecule has 0 saturated carbocycles. The van der Waals surface area contributed by atoms with Crippen LogP contribution in [0.2, 0.25) is 0 Å². The summed E-state index contributed by atoms with van der Waals surface area (Å²) in [5.41, 5.74) is 0. The third-order valence-corrected chi connectivity index (χ3v) is 3.12. The van der Waals surface area contributed by atoms with Gasteiger partial charge < -0.3 is 10.2 Å². The Kier molecular flexibility index (Phi) is 4.14. The molecule has 1 aliphatic rings. The highest BCUT2D eigenvalue weighted by molar-refractivity contribution is 5.76. The number of amides is 1. The van der Waals surface area contributed by atoms with Crippen LogP contribution >= 0.6 is 0 Å². The van der Waals surface area contributed by atoms with Crippen molar-refractivity contribution in [2.45, 2.75) is 32.4 Å². The number of carbonyl (C=O) groups is 1. The number of aromatic nitrogens is 2. The molecule has 1 aromatic heterocycles. The van der Waals surface area contributed by atoms with Crippen molar-refractivity contribution in [3.8, 4) is 0 Å². The lowest BCUT2D eigenvalue weighted by Gasteiger charge is -2.28. The summed E-state index contributed by atoms with van der Waals surface area (Å²) in [6, 6.07) is 2.20. The van der Waals surface area contributed by atoms with Crippen LogP contribution in [0.1, 0.15) is 19.8 Å². The van der Waals surface area contributed by atoms with Crippen molar-refractivity contribution in [1.82, 2.24) is 20.0 Å². The van der Waals surface area contributed by atoms with Gasteiger partial charge in [-0.1, -0.05) is 6.92 Å². The van der Waals surface area contributed by atoms with Crippen molar-refractivity contribution in [1.29, 1.82) is 0 Å². The van der Waals surface area contributed by atoms with Gasteiger partial charge in [-0.2, -0.15) is 5.10 Å². The Morgan fingerprint density at radius 3 is 3.12 bits per heavy atom. The highest BCUT2D eigenvalue weighted by Crippen LogP contribution is 2.10. The third kappa shape index (κ3) is 3.06. The molecule has 1 unspecified atom stereocenters. The lowest BCUT2D eigenvalue weighted by atomic mass is 10.2. The van der Waals surface area contributed by atoms with Gasteiger partial charge in [0.05, 0.1) is 0 Å². The standard InChI is InChI=1S/C12H20N4O/c1-2-7-16(11-4-6-13-9-11)12(17)10-15-8-3-5-14-15/h3,5,8,11,13H,2,4,6-7,9-10H2,1H3. The zero-order valence-electron chi connectivity index (χ0n) is 10.3. The van der Waals surface area contributed by atoms with E-state index >= 15 is 0 Å². The van der Waals surface area contributed by atoms with Crippen LogP contribution in [-0.2, 0) is 11.3 Å². The molecule has 1 aliphatic heterocycles. The number of carbonyl (C=O) groups excluding carboxylic acids is 1. The van der Waals surface area contributed by atoms with Gasteiger partial charge in [-0.25, -0.2) is 0 Å². The van der Waals surface area contributed by atoms with E-state index in [0.717, 1.165) is 32.5 Å². The monoisotopic (exact) mass is 236 g/mol. The molecule has 0 bridgehead atoms. The van der Waals surface area contributed by atoms with E-state index in [1.54, 1.807) is 10.9 Å². The van der Waals surface area contributed by atoms with E-state index in [4.69, 9.17) is 0 Å². The van der Waals surface area contributed by atoms with Crippen LogP contribution < -0.4 is 5.32 Å². The van der Waals surface area contributed by atoms with Gasteiger partial charge in [-0.05, 0) is 25.5 Å². The van der Waals surface area contributed by atoms with Crippen LogP contribution in [0.4, 0.5) is 0 Å². The molecule has 1 N–H and O–H groups in total. The van der Waals surface area contributed by atoms with Gasteiger partial charge in [0.25, 0.3) is 0 Å². The van der Waals surface area contributed by atoms with Crippen molar-refractivity contribution in [3.63, 3.8) is 0 Å². The van der Waals surface area contributed by atoms with Gasteiger partial charge in [0.15, 0.2) is 0 Å². The van der Waals surface area contributed by atoms with Crippen molar-refractivity contribution in [2.24, 2.45) is 0 Å². The van der Waals surface area contributed by atoms with Gasteiger partial charge >= 0.3 is 0 Å². The van der Waals surface area contributed by atoms with E-state index in [2.05, 4.69) is 17.3 Å². The predicted molar refractivity (Wildman–Crippen MR) is 65.5 cm³/mol.